The number of benzene rings is 2. The first-order chi connectivity index (χ1) is 14.7. The lowest BCUT2D eigenvalue weighted by Crippen LogP contribution is -2.31. The smallest absolute Gasteiger partial charge is 0.190 e. The lowest BCUT2D eigenvalue weighted by atomic mass is 9.73. The summed E-state index contributed by atoms with van der Waals surface area (Å²) in [6.45, 7) is 11.0. The molecule has 0 bridgehead atoms. The molecule has 0 aromatic heterocycles. The summed E-state index contributed by atoms with van der Waals surface area (Å²) in [5.74, 6) is 0.949. The molecule has 0 fully saturated rings. The molecule has 1 heterocycles. The predicted molar refractivity (Wildman–Crippen MR) is 130 cm³/mol. The molecule has 3 nitrogen and oxygen atoms in total. The van der Waals surface area contributed by atoms with Gasteiger partial charge in [0.15, 0.2) is 5.90 Å². The molecule has 0 spiro atoms. The van der Waals surface area contributed by atoms with Crippen molar-refractivity contribution in [1.82, 2.24) is 0 Å². The average Bonchev–Trinajstić information content (AvgIpc) is 3.24. The Morgan fingerprint density at radius 2 is 1.87 bits per heavy atom. The molecule has 0 radical (unpaired) electrons. The van der Waals surface area contributed by atoms with Crippen molar-refractivity contribution < 1.29 is 9.84 Å². The van der Waals surface area contributed by atoms with E-state index < -0.39 is 11.5 Å². The number of rotatable bonds is 9. The number of aliphatic hydroxyl groups excluding tert-OH is 1. The third-order valence-electron chi connectivity index (χ3n) is 6.09. The maximum absolute atomic E-state index is 11.4. The molecule has 1 aliphatic heterocycles. The van der Waals surface area contributed by atoms with Gasteiger partial charge in [0.25, 0.3) is 0 Å². The van der Waals surface area contributed by atoms with Gasteiger partial charge in [-0.25, -0.2) is 4.99 Å². The van der Waals surface area contributed by atoms with Crippen LogP contribution in [0, 0.1) is 11.3 Å². The summed E-state index contributed by atoms with van der Waals surface area (Å²) in [6, 6.07) is 15.2. The summed E-state index contributed by atoms with van der Waals surface area (Å²) < 4.78 is 6.08. The van der Waals surface area contributed by atoms with E-state index in [9.17, 15) is 5.11 Å². The highest BCUT2D eigenvalue weighted by Gasteiger charge is 2.40. The van der Waals surface area contributed by atoms with Crippen molar-refractivity contribution in [2.75, 3.05) is 6.61 Å². The minimum Gasteiger partial charge on any atom is -0.478 e. The molecule has 1 N–H and O–H groups in total. The first kappa shape index (κ1) is 23.8. The zero-order valence-corrected chi connectivity index (χ0v) is 19.9. The second-order valence-corrected chi connectivity index (χ2v) is 9.84. The fourth-order valence-corrected chi connectivity index (χ4v) is 4.49. The Morgan fingerprint density at radius 3 is 2.45 bits per heavy atom. The number of halogens is 2. The van der Waals surface area contributed by atoms with E-state index in [0.717, 1.165) is 17.0 Å². The van der Waals surface area contributed by atoms with E-state index in [1.54, 1.807) is 12.1 Å². The molecular weight excluding hydrogens is 429 g/mol. The maximum Gasteiger partial charge on any atom is 0.190 e. The van der Waals surface area contributed by atoms with Crippen LogP contribution in [0.1, 0.15) is 56.8 Å². The topological polar surface area (TPSA) is 41.8 Å². The molecule has 0 saturated heterocycles. The fraction of sp³-hybridized carbons (Fsp3) is 0.423. The van der Waals surface area contributed by atoms with Crippen LogP contribution in [-0.4, -0.2) is 23.7 Å². The van der Waals surface area contributed by atoms with Crippen molar-refractivity contribution in [1.29, 1.82) is 0 Å². The number of ether oxygens (including phenoxy) is 1. The van der Waals surface area contributed by atoms with Gasteiger partial charge >= 0.3 is 0 Å². The Hall–Kier alpha value is -1.81. The second kappa shape index (κ2) is 10.2. The van der Waals surface area contributed by atoms with Gasteiger partial charge in [0.05, 0.1) is 12.1 Å². The largest absolute Gasteiger partial charge is 0.478 e. The van der Waals surface area contributed by atoms with E-state index in [1.807, 2.05) is 42.5 Å². The third kappa shape index (κ3) is 5.71. The number of hydrogen-bond acceptors (Lipinski definition) is 3. The monoisotopic (exact) mass is 459 g/mol. The minimum absolute atomic E-state index is 0.157. The first-order valence-corrected chi connectivity index (χ1v) is 11.5. The van der Waals surface area contributed by atoms with Crippen LogP contribution in [0.4, 0.5) is 0 Å². The Kier molecular flexibility index (Phi) is 7.85. The van der Waals surface area contributed by atoms with Crippen molar-refractivity contribution in [3.63, 3.8) is 0 Å². The van der Waals surface area contributed by atoms with Crippen molar-refractivity contribution in [3.8, 4) is 0 Å². The van der Waals surface area contributed by atoms with Crippen LogP contribution in [-0.2, 0) is 4.74 Å². The van der Waals surface area contributed by atoms with Crippen molar-refractivity contribution in [2.24, 2.45) is 16.3 Å². The van der Waals surface area contributed by atoms with Gasteiger partial charge in [-0.2, -0.15) is 0 Å². The van der Waals surface area contributed by atoms with Gasteiger partial charge in [-0.3, -0.25) is 0 Å². The van der Waals surface area contributed by atoms with Gasteiger partial charge in [0, 0.05) is 21.4 Å². The molecular formula is C26H31Cl2NO2. The van der Waals surface area contributed by atoms with Crippen LogP contribution < -0.4 is 0 Å². The Labute approximate surface area is 195 Å². The van der Waals surface area contributed by atoms with Gasteiger partial charge in [-0.15, -0.1) is 6.58 Å². The van der Waals surface area contributed by atoms with Crippen molar-refractivity contribution in [2.45, 2.75) is 51.7 Å². The number of nitrogens with zero attached hydrogens (tertiary/aromatic N) is 1. The highest BCUT2D eigenvalue weighted by Crippen LogP contribution is 2.44. The molecule has 3 rings (SSSR count). The molecule has 0 amide bonds. The molecule has 1 aliphatic rings. The summed E-state index contributed by atoms with van der Waals surface area (Å²) >= 11 is 12.4. The van der Waals surface area contributed by atoms with E-state index in [2.05, 4.69) is 27.4 Å². The van der Waals surface area contributed by atoms with E-state index >= 15 is 0 Å². The van der Waals surface area contributed by atoms with E-state index in [0.29, 0.717) is 35.4 Å². The summed E-state index contributed by atoms with van der Waals surface area (Å²) in [4.78, 5) is 4.91. The fourth-order valence-electron chi connectivity index (χ4n) is 4.16. The number of aliphatic imine (C=N–C) groups is 1. The number of hydrogen-bond donors (Lipinski definition) is 1. The molecule has 4 atom stereocenters. The number of allylic oxidation sites excluding steroid dienone is 1. The SMILES string of the molecule is C=CCC(C)(C[C@@H](c1cccc(Cl)c1)C(O)c1ccc(Cl)cc1)C1=NC(C(C)C)CO1. The lowest BCUT2D eigenvalue weighted by Gasteiger charge is -2.34. The molecule has 0 aliphatic carbocycles. The zero-order chi connectivity index (χ0) is 22.6. The van der Waals surface area contributed by atoms with Gasteiger partial charge in [0.1, 0.15) is 6.61 Å². The van der Waals surface area contributed by atoms with E-state index in [1.165, 1.54) is 0 Å². The van der Waals surface area contributed by atoms with E-state index in [-0.39, 0.29) is 12.0 Å². The Morgan fingerprint density at radius 1 is 1.16 bits per heavy atom. The Bertz CT molecular complexity index is 925. The third-order valence-corrected chi connectivity index (χ3v) is 6.58. The van der Waals surface area contributed by atoms with Gasteiger partial charge < -0.3 is 9.84 Å². The maximum atomic E-state index is 11.4. The van der Waals surface area contributed by atoms with Gasteiger partial charge in [-0.05, 0) is 54.2 Å². The predicted octanol–water partition coefficient (Wildman–Crippen LogP) is 7.24. The quantitative estimate of drug-likeness (QED) is 0.401. The normalized spacial score (nSPS) is 20.0. The van der Waals surface area contributed by atoms with Crippen LogP contribution in [0.5, 0.6) is 0 Å². The molecule has 2 aromatic rings. The molecule has 0 saturated carbocycles. The van der Waals surface area contributed by atoms with E-state index in [4.69, 9.17) is 32.9 Å². The van der Waals surface area contributed by atoms with Crippen LogP contribution in [0.3, 0.4) is 0 Å². The summed E-state index contributed by atoms with van der Waals surface area (Å²) in [5, 5.41) is 12.7. The molecule has 5 heteroatoms. The standard InChI is InChI=1S/C26H31Cl2NO2/c1-5-13-26(4,25-29-23(16-31-25)17(2)3)15-22(19-7-6-8-21(28)14-19)24(30)18-9-11-20(27)12-10-18/h5-12,14,17,22-24,30H,1,13,15-16H2,2-4H3/t22-,23?,24?,26?/m0/s1. The van der Waals surface area contributed by atoms with Crippen LogP contribution in [0.15, 0.2) is 66.2 Å². The Balaban J connectivity index is 2.00. The number of aliphatic hydroxyl groups is 1. The first-order valence-electron chi connectivity index (χ1n) is 10.7. The zero-order valence-electron chi connectivity index (χ0n) is 18.4. The second-order valence-electron chi connectivity index (χ2n) is 8.97. The molecule has 31 heavy (non-hydrogen) atoms. The lowest BCUT2D eigenvalue weighted by molar-refractivity contribution is 0.121. The van der Waals surface area contributed by atoms with Crippen LogP contribution in [0.2, 0.25) is 10.0 Å². The molecule has 166 valence electrons. The summed E-state index contributed by atoms with van der Waals surface area (Å²) in [6.07, 6.45) is 2.49. The molecule has 3 unspecified atom stereocenters. The van der Waals surface area contributed by atoms with Gasteiger partial charge in [-0.1, -0.05) is 74.3 Å². The molecule has 2 aromatic carbocycles. The van der Waals surface area contributed by atoms with Crippen molar-refractivity contribution >= 4 is 29.1 Å². The minimum atomic E-state index is -0.734. The van der Waals surface area contributed by atoms with Gasteiger partial charge in [0.2, 0.25) is 0 Å². The average molecular weight is 460 g/mol. The highest BCUT2D eigenvalue weighted by molar-refractivity contribution is 6.30. The highest BCUT2D eigenvalue weighted by atomic mass is 35.5. The van der Waals surface area contributed by atoms with Crippen molar-refractivity contribution in [3.05, 3.63) is 82.4 Å². The summed E-state index contributed by atoms with van der Waals surface area (Å²) in [7, 11) is 0. The van der Waals surface area contributed by atoms with Crippen LogP contribution >= 0.6 is 23.2 Å². The van der Waals surface area contributed by atoms with Crippen LogP contribution in [0.25, 0.3) is 0 Å². The summed E-state index contributed by atoms with van der Waals surface area (Å²) in [5.41, 5.74) is 1.39.